The Morgan fingerprint density at radius 2 is 1.91 bits per heavy atom. The Hall–Kier alpha value is -3.24. The van der Waals surface area contributed by atoms with Crippen molar-refractivity contribution in [2.75, 3.05) is 17.2 Å². The van der Waals surface area contributed by atoms with E-state index in [1.165, 1.54) is 0 Å². The molecular weight excluding hydrogens is 400 g/mol. The smallest absolute Gasteiger partial charge is 0.137 e. The summed E-state index contributed by atoms with van der Waals surface area (Å²) in [6.45, 7) is 4.77. The third-order valence-corrected chi connectivity index (χ3v) is 6.11. The number of nitrogens with one attached hydrogen (secondary N) is 2. The summed E-state index contributed by atoms with van der Waals surface area (Å²) in [6.07, 6.45) is 7.59. The van der Waals surface area contributed by atoms with Crippen molar-refractivity contribution in [2.24, 2.45) is 5.73 Å². The number of anilines is 3. The highest BCUT2D eigenvalue weighted by atomic mass is 16.5. The zero-order chi connectivity index (χ0) is 22.5. The van der Waals surface area contributed by atoms with E-state index >= 15 is 0 Å². The number of aromatic nitrogens is 2. The van der Waals surface area contributed by atoms with Crippen molar-refractivity contribution in [1.29, 1.82) is 5.26 Å². The van der Waals surface area contributed by atoms with Gasteiger partial charge in [-0.05, 0) is 69.4 Å². The first-order valence-electron chi connectivity index (χ1n) is 11.6. The Labute approximate surface area is 189 Å². The second kappa shape index (κ2) is 9.92. The summed E-state index contributed by atoms with van der Waals surface area (Å²) in [5.74, 6) is 1.73. The van der Waals surface area contributed by atoms with Crippen molar-refractivity contribution in [3.05, 3.63) is 47.7 Å². The molecule has 0 unspecified atom stereocenters. The van der Waals surface area contributed by atoms with Gasteiger partial charge in [-0.1, -0.05) is 13.3 Å². The molecule has 4 rings (SSSR count). The Bertz CT molecular complexity index is 1090. The molecule has 1 fully saturated rings. The molecule has 0 amide bonds. The number of nitriles is 1. The molecule has 1 aliphatic rings. The average Bonchev–Trinajstić information content (AvgIpc) is 3.28. The molecule has 0 bridgehead atoms. The van der Waals surface area contributed by atoms with Gasteiger partial charge in [0.1, 0.15) is 23.2 Å². The summed E-state index contributed by atoms with van der Waals surface area (Å²) in [7, 11) is 0. The molecule has 0 aliphatic heterocycles. The molecule has 1 aliphatic carbocycles. The number of hydrogen-bond donors (Lipinski definition) is 3. The maximum absolute atomic E-state index is 10.1. The van der Waals surface area contributed by atoms with Crippen LogP contribution in [0.25, 0.3) is 5.52 Å². The maximum atomic E-state index is 10.1. The van der Waals surface area contributed by atoms with Crippen molar-refractivity contribution in [3.8, 4) is 11.8 Å². The van der Waals surface area contributed by atoms with Crippen LogP contribution < -0.4 is 21.1 Å². The molecule has 0 radical (unpaired) electrons. The van der Waals surface area contributed by atoms with Crippen LogP contribution in [0, 0.1) is 11.3 Å². The quantitative estimate of drug-likeness (QED) is 0.464. The van der Waals surface area contributed by atoms with Crippen LogP contribution in [-0.2, 0) is 6.42 Å². The fraction of sp³-hybridized carbons (Fsp3) is 0.440. The van der Waals surface area contributed by atoms with E-state index in [9.17, 15) is 5.26 Å². The predicted molar refractivity (Wildman–Crippen MR) is 129 cm³/mol. The second-order valence-corrected chi connectivity index (χ2v) is 8.41. The van der Waals surface area contributed by atoms with E-state index in [4.69, 9.17) is 10.5 Å². The number of nitrogens with zero attached hydrogens (tertiary/aromatic N) is 3. The molecule has 1 aromatic carbocycles. The highest BCUT2D eigenvalue weighted by Gasteiger charge is 2.24. The van der Waals surface area contributed by atoms with Gasteiger partial charge in [0.15, 0.2) is 0 Å². The Kier molecular flexibility index (Phi) is 6.81. The van der Waals surface area contributed by atoms with Gasteiger partial charge in [0.05, 0.1) is 24.0 Å². The van der Waals surface area contributed by atoms with Crippen LogP contribution in [0.3, 0.4) is 0 Å². The molecular formula is C25H32N6O. The normalized spacial score (nSPS) is 18.3. The lowest BCUT2D eigenvalue weighted by atomic mass is 9.91. The summed E-state index contributed by atoms with van der Waals surface area (Å²) < 4.78 is 7.42. The van der Waals surface area contributed by atoms with Gasteiger partial charge in [-0.2, -0.15) is 10.4 Å². The highest BCUT2D eigenvalue weighted by Crippen LogP contribution is 2.36. The van der Waals surface area contributed by atoms with Crippen LogP contribution in [0.2, 0.25) is 0 Å². The molecule has 32 heavy (non-hydrogen) atoms. The lowest BCUT2D eigenvalue weighted by Gasteiger charge is -2.30. The largest absolute Gasteiger partial charge is 0.494 e. The van der Waals surface area contributed by atoms with Gasteiger partial charge in [0, 0.05) is 23.3 Å². The lowest BCUT2D eigenvalue weighted by molar-refractivity contribution is 0.340. The van der Waals surface area contributed by atoms with Crippen molar-refractivity contribution in [3.63, 3.8) is 0 Å². The van der Waals surface area contributed by atoms with E-state index in [-0.39, 0.29) is 6.04 Å². The van der Waals surface area contributed by atoms with Crippen molar-refractivity contribution in [2.45, 2.75) is 64.5 Å². The zero-order valence-corrected chi connectivity index (χ0v) is 18.9. The first-order chi connectivity index (χ1) is 15.6. The molecule has 7 heteroatoms. The summed E-state index contributed by atoms with van der Waals surface area (Å²) in [5.41, 5.74) is 10.5. The zero-order valence-electron chi connectivity index (χ0n) is 18.9. The molecule has 4 N–H and O–H groups in total. The Morgan fingerprint density at radius 3 is 2.56 bits per heavy atom. The van der Waals surface area contributed by atoms with Gasteiger partial charge in [0.25, 0.3) is 0 Å². The van der Waals surface area contributed by atoms with Crippen molar-refractivity contribution >= 4 is 22.7 Å². The predicted octanol–water partition coefficient (Wildman–Crippen LogP) is 4.98. The third-order valence-electron chi connectivity index (χ3n) is 6.11. The van der Waals surface area contributed by atoms with Crippen LogP contribution in [0.1, 0.15) is 57.1 Å². The van der Waals surface area contributed by atoms with Crippen LogP contribution in [-0.4, -0.2) is 28.3 Å². The minimum Gasteiger partial charge on any atom is -0.494 e. The number of nitrogens with two attached hydrogens (primary N) is 1. The van der Waals surface area contributed by atoms with E-state index in [1.807, 2.05) is 41.8 Å². The number of hydrogen-bond acceptors (Lipinski definition) is 6. The molecule has 2 aromatic heterocycles. The number of ether oxygens (including phenoxy) is 1. The van der Waals surface area contributed by atoms with Crippen molar-refractivity contribution < 1.29 is 4.74 Å². The van der Waals surface area contributed by atoms with Gasteiger partial charge in [-0.25, -0.2) is 4.52 Å². The lowest BCUT2D eigenvalue weighted by Crippen LogP contribution is -2.33. The number of benzene rings is 1. The highest BCUT2D eigenvalue weighted by molar-refractivity contribution is 5.82. The topological polar surface area (TPSA) is 100 Å². The van der Waals surface area contributed by atoms with E-state index in [1.54, 1.807) is 6.20 Å². The standard InChI is InChI=1S/C25H32N6O/c1-3-5-21-24(29-18-8-6-17(27)7-9-18)22(16-26)23-14-15-28-31(23)25(21)30-19-10-12-20(13-11-19)32-4-2/h10-15,17-18,29-30H,3-9,27H2,1-2H3/t17-,18-. The van der Waals surface area contributed by atoms with Crippen LogP contribution in [0.15, 0.2) is 36.5 Å². The molecule has 0 saturated heterocycles. The van der Waals surface area contributed by atoms with Gasteiger partial charge in [0.2, 0.25) is 0 Å². The van der Waals surface area contributed by atoms with E-state index in [0.717, 1.165) is 72.5 Å². The number of fused-ring (bicyclic) bond motifs is 1. The maximum Gasteiger partial charge on any atom is 0.137 e. The minimum atomic E-state index is 0.285. The van der Waals surface area contributed by atoms with Crippen LogP contribution in [0.5, 0.6) is 5.75 Å². The monoisotopic (exact) mass is 432 g/mol. The van der Waals surface area contributed by atoms with Gasteiger partial charge >= 0.3 is 0 Å². The molecule has 2 heterocycles. The fourth-order valence-electron chi connectivity index (χ4n) is 4.50. The molecule has 0 spiro atoms. The fourth-order valence-corrected chi connectivity index (χ4v) is 4.50. The third kappa shape index (κ3) is 4.51. The first kappa shape index (κ1) is 22.0. The Morgan fingerprint density at radius 1 is 1.16 bits per heavy atom. The van der Waals surface area contributed by atoms with E-state index in [2.05, 4.69) is 28.7 Å². The summed E-state index contributed by atoms with van der Waals surface area (Å²) >= 11 is 0. The number of pyridine rings is 1. The summed E-state index contributed by atoms with van der Waals surface area (Å²) in [4.78, 5) is 0. The SMILES string of the molecule is CCCc1c(N[C@H]2CC[C@H](N)CC2)c(C#N)c2ccnn2c1Nc1ccc(OCC)cc1. The number of rotatable bonds is 8. The van der Waals surface area contributed by atoms with Crippen LogP contribution >= 0.6 is 0 Å². The molecule has 1 saturated carbocycles. The van der Waals surface area contributed by atoms with E-state index < -0.39 is 0 Å². The molecule has 3 aromatic rings. The average molecular weight is 433 g/mol. The summed E-state index contributed by atoms with van der Waals surface area (Å²) in [6, 6.07) is 12.9. The van der Waals surface area contributed by atoms with Crippen molar-refractivity contribution in [1.82, 2.24) is 9.61 Å². The molecule has 168 valence electrons. The second-order valence-electron chi connectivity index (χ2n) is 8.41. The first-order valence-corrected chi connectivity index (χ1v) is 11.6. The van der Waals surface area contributed by atoms with Crippen LogP contribution in [0.4, 0.5) is 17.2 Å². The minimum absolute atomic E-state index is 0.285. The molecule has 7 nitrogen and oxygen atoms in total. The molecule has 0 atom stereocenters. The van der Waals surface area contributed by atoms with Gasteiger partial charge in [-0.15, -0.1) is 0 Å². The van der Waals surface area contributed by atoms with Gasteiger partial charge < -0.3 is 21.1 Å². The summed E-state index contributed by atoms with van der Waals surface area (Å²) in [5, 5.41) is 21.9. The Balaban J connectivity index is 1.77. The van der Waals surface area contributed by atoms with E-state index in [0.29, 0.717) is 18.2 Å². The van der Waals surface area contributed by atoms with Gasteiger partial charge in [-0.3, -0.25) is 0 Å².